The molecule has 2 atom stereocenters. The van der Waals surface area contributed by atoms with Gasteiger partial charge in [0.1, 0.15) is 0 Å². The summed E-state index contributed by atoms with van der Waals surface area (Å²) in [5.41, 5.74) is 0. The van der Waals surface area contributed by atoms with E-state index in [2.05, 4.69) is 19.2 Å². The first-order chi connectivity index (χ1) is 28.5. The minimum absolute atomic E-state index is 0.0197. The van der Waals surface area contributed by atoms with E-state index in [9.17, 15) is 19.8 Å². The van der Waals surface area contributed by atoms with E-state index in [-0.39, 0.29) is 18.5 Å². The van der Waals surface area contributed by atoms with Crippen molar-refractivity contribution in [2.24, 2.45) is 0 Å². The summed E-state index contributed by atoms with van der Waals surface area (Å²) < 4.78 is 5.47. The first-order valence-electron chi connectivity index (χ1n) is 26.3. The molecule has 0 aliphatic heterocycles. The molecule has 0 spiro atoms. The summed E-state index contributed by atoms with van der Waals surface area (Å²) in [7, 11) is 0. The van der Waals surface area contributed by atoms with Crippen molar-refractivity contribution in [3.05, 3.63) is 0 Å². The molecule has 346 valence electrons. The molecule has 2 unspecified atom stereocenters. The van der Waals surface area contributed by atoms with Crippen LogP contribution >= 0.6 is 0 Å². The molecule has 0 saturated carbocycles. The highest BCUT2D eigenvalue weighted by Crippen LogP contribution is 2.17. The summed E-state index contributed by atoms with van der Waals surface area (Å²) >= 11 is 0. The normalized spacial score (nSPS) is 12.6. The zero-order chi connectivity index (χ0) is 42.3. The number of ether oxygens (including phenoxy) is 1. The van der Waals surface area contributed by atoms with Crippen molar-refractivity contribution in [3.63, 3.8) is 0 Å². The highest BCUT2D eigenvalue weighted by Gasteiger charge is 2.20. The SMILES string of the molecule is CCCCCCCCCCCCCCCCCCCCCC(=O)OCCCCCCCCCCCC(=O)NC(CO)C(O)CCCCCCCCCCCCCCC. The van der Waals surface area contributed by atoms with Gasteiger partial charge in [0.2, 0.25) is 5.91 Å². The third kappa shape index (κ3) is 44.4. The highest BCUT2D eigenvalue weighted by molar-refractivity contribution is 5.76. The van der Waals surface area contributed by atoms with E-state index in [1.165, 1.54) is 205 Å². The van der Waals surface area contributed by atoms with Crippen LogP contribution in [-0.2, 0) is 14.3 Å². The first-order valence-corrected chi connectivity index (χ1v) is 26.3. The second-order valence-corrected chi connectivity index (χ2v) is 18.2. The van der Waals surface area contributed by atoms with Gasteiger partial charge in [-0.15, -0.1) is 0 Å². The maximum absolute atomic E-state index is 12.4. The minimum Gasteiger partial charge on any atom is -0.466 e. The fourth-order valence-electron chi connectivity index (χ4n) is 8.35. The summed E-state index contributed by atoms with van der Waals surface area (Å²) in [4.78, 5) is 24.5. The Morgan fingerprint density at radius 1 is 0.414 bits per heavy atom. The molecule has 0 aliphatic carbocycles. The molecule has 0 rings (SSSR count). The highest BCUT2D eigenvalue weighted by atomic mass is 16.5. The van der Waals surface area contributed by atoms with E-state index in [4.69, 9.17) is 4.74 Å². The lowest BCUT2D eigenvalue weighted by Gasteiger charge is -2.22. The van der Waals surface area contributed by atoms with E-state index in [1.807, 2.05) is 0 Å². The number of hydrogen-bond acceptors (Lipinski definition) is 5. The molecule has 1 amide bonds. The van der Waals surface area contributed by atoms with Gasteiger partial charge in [0.15, 0.2) is 0 Å². The molecule has 0 aliphatic rings. The molecule has 0 fully saturated rings. The minimum atomic E-state index is -0.679. The Balaban J connectivity index is 3.43. The van der Waals surface area contributed by atoms with Crippen LogP contribution in [0.25, 0.3) is 0 Å². The van der Waals surface area contributed by atoms with Crippen molar-refractivity contribution in [2.45, 2.75) is 309 Å². The summed E-state index contributed by atoms with van der Waals surface area (Å²) in [5.74, 6) is -0.0801. The average Bonchev–Trinajstić information content (AvgIpc) is 3.22. The molecule has 0 heterocycles. The topological polar surface area (TPSA) is 95.9 Å². The quantitative estimate of drug-likeness (QED) is 0.0420. The van der Waals surface area contributed by atoms with Crippen LogP contribution in [0.4, 0.5) is 0 Å². The monoisotopic (exact) mass is 822 g/mol. The first kappa shape index (κ1) is 56.9. The summed E-state index contributed by atoms with van der Waals surface area (Å²) in [6.45, 7) is 4.91. The fourth-order valence-corrected chi connectivity index (χ4v) is 8.35. The number of carbonyl (C=O) groups is 2. The molecule has 0 saturated heterocycles. The summed E-state index contributed by atoms with van der Waals surface area (Å²) in [6.07, 6.45) is 53.6. The Kier molecular flexibility index (Phi) is 47.6. The van der Waals surface area contributed by atoms with E-state index in [0.717, 1.165) is 57.8 Å². The van der Waals surface area contributed by atoms with Gasteiger partial charge >= 0.3 is 5.97 Å². The number of amides is 1. The predicted octanol–water partition coefficient (Wildman–Crippen LogP) is 15.6. The number of carbonyl (C=O) groups excluding carboxylic acids is 2. The molecule has 3 N–H and O–H groups in total. The van der Waals surface area contributed by atoms with Crippen molar-refractivity contribution in [1.82, 2.24) is 5.32 Å². The largest absolute Gasteiger partial charge is 0.466 e. The van der Waals surface area contributed by atoms with Gasteiger partial charge in [-0.05, 0) is 25.7 Å². The van der Waals surface area contributed by atoms with Crippen LogP contribution in [0.15, 0.2) is 0 Å². The Morgan fingerprint density at radius 2 is 0.707 bits per heavy atom. The molecule has 58 heavy (non-hydrogen) atoms. The van der Waals surface area contributed by atoms with Crippen LogP contribution in [0.2, 0.25) is 0 Å². The van der Waals surface area contributed by atoms with Gasteiger partial charge in [-0.1, -0.05) is 258 Å². The Hall–Kier alpha value is -1.14. The number of aliphatic hydroxyl groups is 2. The maximum Gasteiger partial charge on any atom is 0.305 e. The van der Waals surface area contributed by atoms with Gasteiger partial charge in [0.25, 0.3) is 0 Å². The third-order valence-corrected chi connectivity index (χ3v) is 12.4. The molecule has 0 radical (unpaired) electrons. The van der Waals surface area contributed by atoms with Crippen LogP contribution < -0.4 is 5.32 Å². The van der Waals surface area contributed by atoms with Gasteiger partial charge < -0.3 is 20.3 Å². The van der Waals surface area contributed by atoms with Gasteiger partial charge in [0.05, 0.1) is 25.4 Å². The van der Waals surface area contributed by atoms with E-state index in [0.29, 0.717) is 25.9 Å². The van der Waals surface area contributed by atoms with Crippen molar-refractivity contribution in [1.29, 1.82) is 0 Å². The number of esters is 1. The van der Waals surface area contributed by atoms with E-state index < -0.39 is 12.1 Å². The van der Waals surface area contributed by atoms with E-state index >= 15 is 0 Å². The van der Waals surface area contributed by atoms with Crippen molar-refractivity contribution in [3.8, 4) is 0 Å². The van der Waals surface area contributed by atoms with Crippen LogP contribution in [0.1, 0.15) is 296 Å². The Labute approximate surface area is 362 Å². The number of nitrogens with one attached hydrogen (secondary N) is 1. The van der Waals surface area contributed by atoms with Gasteiger partial charge in [-0.25, -0.2) is 0 Å². The van der Waals surface area contributed by atoms with Crippen molar-refractivity contribution < 1.29 is 24.5 Å². The van der Waals surface area contributed by atoms with Crippen molar-refractivity contribution >= 4 is 11.9 Å². The van der Waals surface area contributed by atoms with Crippen LogP contribution in [0.5, 0.6) is 0 Å². The zero-order valence-corrected chi connectivity index (χ0v) is 39.3. The molecular weight excluding hydrogens is 719 g/mol. The van der Waals surface area contributed by atoms with Gasteiger partial charge in [-0.2, -0.15) is 0 Å². The van der Waals surface area contributed by atoms with Crippen molar-refractivity contribution in [2.75, 3.05) is 13.2 Å². The molecule has 6 heteroatoms. The lowest BCUT2D eigenvalue weighted by Crippen LogP contribution is -2.45. The molecule has 0 aromatic heterocycles. The third-order valence-electron chi connectivity index (χ3n) is 12.4. The standard InChI is InChI=1S/C52H103NO5/c1-3-5-7-9-11-13-15-17-18-19-20-21-22-24-26-30-34-38-42-46-52(57)58-47-43-39-35-31-27-29-33-37-41-45-51(56)53-49(48-54)50(55)44-40-36-32-28-25-23-16-14-12-10-8-6-4-2/h49-50,54-55H,3-48H2,1-2H3,(H,53,56). The molecule has 0 aromatic rings. The second kappa shape index (κ2) is 48.5. The lowest BCUT2D eigenvalue weighted by molar-refractivity contribution is -0.143. The zero-order valence-electron chi connectivity index (χ0n) is 39.3. The number of rotatable bonds is 49. The smallest absolute Gasteiger partial charge is 0.305 e. The van der Waals surface area contributed by atoms with Crippen LogP contribution in [0, 0.1) is 0 Å². The molecular formula is C52H103NO5. The predicted molar refractivity (Wildman–Crippen MR) is 250 cm³/mol. The lowest BCUT2D eigenvalue weighted by atomic mass is 10.0. The summed E-state index contributed by atoms with van der Waals surface area (Å²) in [5, 5.41) is 23.2. The van der Waals surface area contributed by atoms with Gasteiger partial charge in [-0.3, -0.25) is 9.59 Å². The number of hydrogen-bond donors (Lipinski definition) is 3. The number of unbranched alkanes of at least 4 members (excludes halogenated alkanes) is 38. The summed E-state index contributed by atoms with van der Waals surface area (Å²) in [6, 6.07) is -0.559. The van der Waals surface area contributed by atoms with Crippen LogP contribution in [-0.4, -0.2) is 47.4 Å². The fraction of sp³-hybridized carbons (Fsp3) is 0.962. The average molecular weight is 822 g/mol. The molecule has 0 aromatic carbocycles. The molecule has 6 nitrogen and oxygen atoms in total. The van der Waals surface area contributed by atoms with Gasteiger partial charge in [0, 0.05) is 12.8 Å². The Morgan fingerprint density at radius 3 is 1.05 bits per heavy atom. The Bertz CT molecular complexity index is 822. The second-order valence-electron chi connectivity index (χ2n) is 18.2. The maximum atomic E-state index is 12.4. The number of aliphatic hydroxyl groups excluding tert-OH is 2. The van der Waals surface area contributed by atoms with E-state index in [1.54, 1.807) is 0 Å². The van der Waals surface area contributed by atoms with Crippen LogP contribution in [0.3, 0.4) is 0 Å². The molecule has 0 bridgehead atoms.